The number of aryl methyl sites for hydroxylation is 1. The van der Waals surface area contributed by atoms with Crippen molar-refractivity contribution in [2.24, 2.45) is 28.0 Å². The van der Waals surface area contributed by atoms with Crippen LogP contribution in [0.5, 0.6) is 5.75 Å². The predicted octanol–water partition coefficient (Wildman–Crippen LogP) is 7.30. The Morgan fingerprint density at radius 3 is 2.75 bits per heavy atom. The predicted molar refractivity (Wildman–Crippen MR) is 204 cm³/mol. The number of amides is 2. The Bertz CT molecular complexity index is 1930. The van der Waals surface area contributed by atoms with E-state index in [9.17, 15) is 13.8 Å². The van der Waals surface area contributed by atoms with Gasteiger partial charge in [-0.1, -0.05) is 36.7 Å². The summed E-state index contributed by atoms with van der Waals surface area (Å²) in [7, 11) is -1.76. The molecule has 1 N–H and O–H groups in total. The highest BCUT2D eigenvalue weighted by atomic mass is 35.5. The summed E-state index contributed by atoms with van der Waals surface area (Å²) in [5, 5.41) is 5.08. The molecule has 7 rings (SSSR count). The van der Waals surface area contributed by atoms with Gasteiger partial charge < -0.3 is 14.4 Å². The van der Waals surface area contributed by atoms with E-state index in [1.807, 2.05) is 25.1 Å². The number of carbonyl (C=O) groups is 2. The molecule has 12 heteroatoms. The van der Waals surface area contributed by atoms with Gasteiger partial charge in [0.2, 0.25) is 0 Å². The van der Waals surface area contributed by atoms with Crippen molar-refractivity contribution >= 4 is 39.0 Å². The number of rotatable bonds is 5. The molecule has 4 aliphatic rings. The molecule has 0 saturated heterocycles. The Morgan fingerprint density at radius 1 is 1.10 bits per heavy atom. The summed E-state index contributed by atoms with van der Waals surface area (Å²) in [6.45, 7) is 4.72. The van der Waals surface area contributed by atoms with Crippen LogP contribution in [0.2, 0.25) is 5.02 Å². The fraction of sp³-hybridized carbons (Fsp3) is 0.525. The van der Waals surface area contributed by atoms with E-state index < -0.39 is 21.7 Å². The number of ether oxygens (including phenoxy) is 2. The second kappa shape index (κ2) is 16.1. The summed E-state index contributed by atoms with van der Waals surface area (Å²) in [4.78, 5) is 29.9. The van der Waals surface area contributed by atoms with Crippen LogP contribution in [-0.4, -0.2) is 64.5 Å². The summed E-state index contributed by atoms with van der Waals surface area (Å²) in [6, 6.07) is 11.5. The number of methoxy groups -OCH3 is 1. The largest absolute Gasteiger partial charge is 0.491 e. The van der Waals surface area contributed by atoms with Gasteiger partial charge >= 0.3 is 0 Å². The zero-order valence-electron chi connectivity index (χ0n) is 30.2. The molecule has 2 bridgehead atoms. The Kier molecular flexibility index (Phi) is 11.4. The number of fused-ring (bicyclic) bond motifs is 3. The standard InChI is InChI=1S/C40H50ClN5O5S/c1-27-6-5-8-37(50-2)35-15-12-32(35)24-45-18-17-29-11-14-34(41)20-30(29)7-3-4-19-51-38-16-13-31(21-36(38)45)39(47)43-52(49,26-27)44-40(48)33-22-42-46(25-33)23-28-9-10-28/h5,8,11,13-14,16,20-22,25,27-28,32,35,37H,3-4,6-7,9-10,12,15,17-19,23-24,26H2,1-2H3,(H,43,44,47,48,49)/b8-5+/t27-,32-,35+,37-,52?/m0/s1. The van der Waals surface area contributed by atoms with Crippen LogP contribution in [0.3, 0.4) is 0 Å². The third kappa shape index (κ3) is 8.92. The molecular formula is C40H50ClN5O5S. The number of allylic oxidation sites excluding steroid dienone is 1. The average Bonchev–Trinajstić information content (AvgIpc) is 3.79. The van der Waals surface area contributed by atoms with E-state index in [1.165, 1.54) is 17.3 Å². The van der Waals surface area contributed by atoms with E-state index >= 15 is 0 Å². The first-order valence-corrected chi connectivity index (χ1v) is 20.8. The highest BCUT2D eigenvalue weighted by molar-refractivity contribution is 7.92. The van der Waals surface area contributed by atoms with E-state index in [4.69, 9.17) is 21.1 Å². The number of carbonyl (C=O) groups excluding carboxylic acids is 2. The van der Waals surface area contributed by atoms with Crippen LogP contribution in [0, 0.1) is 23.7 Å². The smallest absolute Gasteiger partial charge is 0.286 e. The van der Waals surface area contributed by atoms with Crippen molar-refractivity contribution in [2.75, 3.05) is 37.5 Å². The third-order valence-electron chi connectivity index (χ3n) is 11.0. The van der Waals surface area contributed by atoms with Gasteiger partial charge in [0.1, 0.15) is 15.7 Å². The van der Waals surface area contributed by atoms with Crippen molar-refractivity contribution in [2.45, 2.75) is 77.4 Å². The van der Waals surface area contributed by atoms with Gasteiger partial charge in [-0.2, -0.15) is 5.10 Å². The lowest BCUT2D eigenvalue weighted by Crippen LogP contribution is -2.44. The Balaban J connectivity index is 1.26. The maximum Gasteiger partial charge on any atom is 0.286 e. The summed E-state index contributed by atoms with van der Waals surface area (Å²) >= 11 is 6.43. The van der Waals surface area contributed by atoms with Gasteiger partial charge in [0.05, 0.1) is 35.9 Å². The van der Waals surface area contributed by atoms with E-state index in [-0.39, 0.29) is 17.8 Å². The summed E-state index contributed by atoms with van der Waals surface area (Å²) in [5.41, 5.74) is 3.93. The SMILES string of the molecule is CO[C@H]1/C=C/C[C@H](C)CS(=O)(NC(=O)c2cnn(CC3CC3)c2)=NC(=O)c2ccc3c(c2)N(CCc2ccc(Cl)cc2CCCCO3)C[C@@H]2CC[C@H]21. The van der Waals surface area contributed by atoms with Crippen LogP contribution in [0.15, 0.2) is 65.3 Å². The maximum absolute atomic E-state index is 14.6. The molecule has 3 heterocycles. The number of hydrogen-bond donors (Lipinski definition) is 1. The van der Waals surface area contributed by atoms with Crippen molar-refractivity contribution in [3.63, 3.8) is 0 Å². The van der Waals surface area contributed by atoms with Crippen LogP contribution in [0.4, 0.5) is 5.69 Å². The van der Waals surface area contributed by atoms with Crippen LogP contribution in [0.1, 0.15) is 83.7 Å². The van der Waals surface area contributed by atoms with Crippen molar-refractivity contribution < 1.29 is 23.3 Å². The molecule has 0 spiro atoms. The molecule has 2 fully saturated rings. The average molecular weight is 748 g/mol. The second-order valence-electron chi connectivity index (χ2n) is 15.1. The van der Waals surface area contributed by atoms with Crippen molar-refractivity contribution in [1.82, 2.24) is 14.5 Å². The summed E-state index contributed by atoms with van der Waals surface area (Å²) < 4.78 is 35.8. The van der Waals surface area contributed by atoms with Gasteiger partial charge in [0.15, 0.2) is 0 Å². The van der Waals surface area contributed by atoms with E-state index in [1.54, 1.807) is 24.1 Å². The normalized spacial score (nSPS) is 27.7. The number of aromatic nitrogens is 2. The number of halogens is 1. The molecule has 0 radical (unpaired) electrons. The van der Waals surface area contributed by atoms with Crippen molar-refractivity contribution in [3.05, 3.63) is 88.2 Å². The molecule has 278 valence electrons. The third-order valence-corrected chi connectivity index (χ3v) is 13.2. The van der Waals surface area contributed by atoms with Crippen LogP contribution < -0.4 is 14.4 Å². The molecule has 5 atom stereocenters. The number of nitrogens with zero attached hydrogens (tertiary/aromatic N) is 4. The van der Waals surface area contributed by atoms with Gasteiger partial charge in [-0.15, -0.1) is 4.36 Å². The van der Waals surface area contributed by atoms with Gasteiger partial charge in [-0.3, -0.25) is 19.0 Å². The first kappa shape index (κ1) is 36.7. The quantitative estimate of drug-likeness (QED) is 0.273. The minimum absolute atomic E-state index is 0.0122. The van der Waals surface area contributed by atoms with E-state index in [2.05, 4.69) is 43.4 Å². The summed E-state index contributed by atoms with van der Waals surface area (Å²) in [5.74, 6) is 0.687. The number of nitrogens with one attached hydrogen (secondary N) is 1. The molecular weight excluding hydrogens is 698 g/mol. The maximum atomic E-state index is 14.6. The minimum Gasteiger partial charge on any atom is -0.491 e. The fourth-order valence-electron chi connectivity index (χ4n) is 7.73. The van der Waals surface area contributed by atoms with Crippen LogP contribution >= 0.6 is 11.6 Å². The highest BCUT2D eigenvalue weighted by Crippen LogP contribution is 2.41. The topological polar surface area (TPSA) is 115 Å². The minimum atomic E-state index is -3.53. The van der Waals surface area contributed by atoms with Gasteiger partial charge in [-0.25, -0.2) is 4.21 Å². The molecule has 52 heavy (non-hydrogen) atoms. The van der Waals surface area contributed by atoms with Crippen LogP contribution in [-0.2, 0) is 34.0 Å². The second-order valence-corrected chi connectivity index (χ2v) is 17.5. The van der Waals surface area contributed by atoms with Gasteiger partial charge in [0, 0.05) is 43.5 Å². The molecule has 10 nitrogen and oxygen atoms in total. The lowest BCUT2D eigenvalue weighted by molar-refractivity contribution is 0.0135. The van der Waals surface area contributed by atoms with Gasteiger partial charge in [0.25, 0.3) is 11.8 Å². The molecule has 2 aromatic carbocycles. The number of hydrogen-bond acceptors (Lipinski definition) is 7. The first-order chi connectivity index (χ1) is 25.2. The van der Waals surface area contributed by atoms with E-state index in [0.29, 0.717) is 54.2 Å². The number of benzene rings is 2. The van der Waals surface area contributed by atoms with Crippen molar-refractivity contribution in [3.8, 4) is 5.75 Å². The zero-order valence-corrected chi connectivity index (χ0v) is 31.7. The van der Waals surface area contributed by atoms with Crippen molar-refractivity contribution in [1.29, 1.82) is 0 Å². The molecule has 2 aliphatic carbocycles. The molecule has 1 unspecified atom stereocenters. The Labute approximate surface area is 312 Å². The van der Waals surface area contributed by atoms with Crippen LogP contribution in [0.25, 0.3) is 0 Å². The summed E-state index contributed by atoms with van der Waals surface area (Å²) in [6.07, 6.45) is 15.9. The fourth-order valence-corrected chi connectivity index (χ4v) is 9.81. The molecule has 2 amide bonds. The number of anilines is 1. The van der Waals surface area contributed by atoms with E-state index in [0.717, 1.165) is 75.2 Å². The Morgan fingerprint density at radius 2 is 1.96 bits per heavy atom. The monoisotopic (exact) mass is 747 g/mol. The van der Waals surface area contributed by atoms with Gasteiger partial charge in [-0.05, 0) is 123 Å². The molecule has 2 saturated carbocycles. The first-order valence-electron chi connectivity index (χ1n) is 18.8. The molecule has 1 aromatic heterocycles. The Hall–Kier alpha value is -3.67. The molecule has 3 aromatic rings. The molecule has 2 aliphatic heterocycles. The lowest BCUT2D eigenvalue weighted by Gasteiger charge is -2.43. The highest BCUT2D eigenvalue weighted by Gasteiger charge is 2.38. The lowest BCUT2D eigenvalue weighted by atomic mass is 9.70. The zero-order chi connectivity index (χ0) is 36.2.